The van der Waals surface area contributed by atoms with Crippen LogP contribution in [-0.4, -0.2) is 31.8 Å². The van der Waals surface area contributed by atoms with Crippen molar-refractivity contribution < 1.29 is 14.4 Å². The van der Waals surface area contributed by atoms with Crippen LogP contribution < -0.4 is 10.6 Å². The molecule has 1 amide bonds. The van der Waals surface area contributed by atoms with Crippen molar-refractivity contribution in [3.63, 3.8) is 0 Å². The highest BCUT2D eigenvalue weighted by Crippen LogP contribution is 2.34. The fraction of sp³-hybridized carbons (Fsp3) is 0.0952. The number of amides is 1. The highest BCUT2D eigenvalue weighted by atomic mass is 16.4. The van der Waals surface area contributed by atoms with E-state index in [-0.39, 0.29) is 5.76 Å². The fourth-order valence-corrected chi connectivity index (χ4v) is 3.57. The number of nitrogens with zero attached hydrogens (tertiary/aromatic N) is 4. The minimum Gasteiger partial charge on any atom is -0.447 e. The van der Waals surface area contributed by atoms with E-state index in [0.29, 0.717) is 29.2 Å². The monoisotopic (exact) mass is 400 g/mol. The molecule has 0 unspecified atom stereocenters. The Kier molecular flexibility index (Phi) is 4.32. The summed E-state index contributed by atoms with van der Waals surface area (Å²) in [4.78, 5) is 24.8. The van der Waals surface area contributed by atoms with E-state index in [1.807, 2.05) is 18.2 Å². The van der Waals surface area contributed by atoms with Gasteiger partial charge in [-0.15, -0.1) is 0 Å². The summed E-state index contributed by atoms with van der Waals surface area (Å²) in [6.45, 7) is 0. The first-order valence-electron chi connectivity index (χ1n) is 9.28. The lowest BCUT2D eigenvalue weighted by Gasteiger charge is -2.09. The number of hydrogen-bond donors (Lipinski definition) is 3. The first kappa shape index (κ1) is 17.8. The second kappa shape index (κ2) is 7.28. The number of aromatic nitrogens is 3. The molecule has 30 heavy (non-hydrogen) atoms. The van der Waals surface area contributed by atoms with Gasteiger partial charge in [0, 0.05) is 29.0 Å². The first-order chi connectivity index (χ1) is 14.7. The molecule has 3 heterocycles. The van der Waals surface area contributed by atoms with Crippen molar-refractivity contribution in [2.45, 2.75) is 12.8 Å². The zero-order valence-corrected chi connectivity index (χ0v) is 15.7. The number of anilines is 3. The number of nitrogens with one attached hydrogen (secondary N) is 2. The number of carbonyl (C=O) groups excluding carboxylic acids is 1. The van der Waals surface area contributed by atoms with Gasteiger partial charge >= 0.3 is 0 Å². The molecule has 4 aromatic rings. The van der Waals surface area contributed by atoms with Crippen LogP contribution in [0, 0.1) is 0 Å². The third-order valence-corrected chi connectivity index (χ3v) is 4.96. The molecule has 148 valence electrons. The smallest absolute Gasteiger partial charge is 0.294 e. The van der Waals surface area contributed by atoms with Crippen LogP contribution in [0.3, 0.4) is 0 Å². The largest absolute Gasteiger partial charge is 0.447 e. The van der Waals surface area contributed by atoms with Crippen molar-refractivity contribution in [2.24, 2.45) is 5.16 Å². The Bertz CT molecular complexity index is 1280. The van der Waals surface area contributed by atoms with Crippen LogP contribution in [0.2, 0.25) is 0 Å². The standard InChI is InChI=1S/C21H16N6O3/c28-21(26-18-6-8-23-11-24-18)20-19(15-5-7-22-10-17(15)30-20)25-13-2-3-14-12(9-13)1-4-16(14)27-29/h2-3,5-11,25,29H,1,4H2,(H,23,24,26,28)/b27-16+. The molecule has 5 rings (SSSR count). The maximum absolute atomic E-state index is 12.9. The van der Waals surface area contributed by atoms with Gasteiger partial charge in [0.25, 0.3) is 5.91 Å². The number of pyridine rings is 1. The number of aryl methyl sites for hydroxylation is 1. The van der Waals surface area contributed by atoms with Gasteiger partial charge in [0.2, 0.25) is 5.76 Å². The molecule has 9 heteroatoms. The van der Waals surface area contributed by atoms with Crippen molar-refractivity contribution in [3.8, 4) is 0 Å². The molecule has 3 N–H and O–H groups in total. The lowest BCUT2D eigenvalue weighted by molar-refractivity contribution is 0.0999. The predicted octanol–water partition coefficient (Wildman–Crippen LogP) is 3.74. The Hall–Kier alpha value is -4.27. The minimum absolute atomic E-state index is 0.120. The van der Waals surface area contributed by atoms with E-state index in [0.717, 1.165) is 28.6 Å². The molecular weight excluding hydrogens is 384 g/mol. The van der Waals surface area contributed by atoms with Crippen LogP contribution in [-0.2, 0) is 6.42 Å². The molecule has 0 saturated heterocycles. The van der Waals surface area contributed by atoms with E-state index in [9.17, 15) is 4.79 Å². The Morgan fingerprint density at radius 2 is 2.03 bits per heavy atom. The lowest BCUT2D eigenvalue weighted by atomic mass is 10.1. The van der Waals surface area contributed by atoms with Gasteiger partial charge < -0.3 is 20.3 Å². The van der Waals surface area contributed by atoms with Crippen molar-refractivity contribution in [2.75, 3.05) is 10.6 Å². The number of rotatable bonds is 4. The quantitative estimate of drug-likeness (QED) is 0.352. The molecular formula is C21H16N6O3. The van der Waals surface area contributed by atoms with Crippen LogP contribution in [0.4, 0.5) is 17.2 Å². The fourth-order valence-electron chi connectivity index (χ4n) is 3.57. The summed E-state index contributed by atoms with van der Waals surface area (Å²) in [7, 11) is 0. The zero-order chi connectivity index (χ0) is 20.5. The molecule has 1 aromatic carbocycles. The molecule has 1 aliphatic rings. The van der Waals surface area contributed by atoms with Gasteiger partial charge in [0.1, 0.15) is 12.1 Å². The minimum atomic E-state index is -0.441. The first-order valence-corrected chi connectivity index (χ1v) is 9.28. The van der Waals surface area contributed by atoms with E-state index in [2.05, 4.69) is 30.7 Å². The van der Waals surface area contributed by atoms with E-state index >= 15 is 0 Å². The molecule has 0 aliphatic heterocycles. The SMILES string of the molecule is O=C(Nc1ccncn1)c1oc2cnccc2c1Nc1ccc2c(c1)CC/C2=N\O. The van der Waals surface area contributed by atoms with Gasteiger partial charge in [-0.25, -0.2) is 9.97 Å². The normalized spacial score (nSPS) is 14.1. The van der Waals surface area contributed by atoms with Gasteiger partial charge in [-0.1, -0.05) is 11.2 Å². The van der Waals surface area contributed by atoms with Crippen molar-refractivity contribution in [3.05, 3.63) is 72.1 Å². The second-order valence-corrected chi connectivity index (χ2v) is 6.77. The molecule has 0 spiro atoms. The Balaban J connectivity index is 1.52. The van der Waals surface area contributed by atoms with Crippen LogP contribution in [0.25, 0.3) is 11.0 Å². The van der Waals surface area contributed by atoms with E-state index < -0.39 is 5.91 Å². The Morgan fingerprint density at radius 1 is 1.13 bits per heavy atom. The zero-order valence-electron chi connectivity index (χ0n) is 15.7. The lowest BCUT2D eigenvalue weighted by Crippen LogP contribution is -2.13. The summed E-state index contributed by atoms with van der Waals surface area (Å²) >= 11 is 0. The number of furan rings is 1. The molecule has 0 radical (unpaired) electrons. The van der Waals surface area contributed by atoms with Crippen LogP contribution in [0.1, 0.15) is 28.1 Å². The summed E-state index contributed by atoms with van der Waals surface area (Å²) in [6.07, 6.45) is 7.59. The Morgan fingerprint density at radius 3 is 2.87 bits per heavy atom. The van der Waals surface area contributed by atoms with Gasteiger partial charge in [-0.05, 0) is 42.7 Å². The van der Waals surface area contributed by atoms with Gasteiger partial charge in [-0.3, -0.25) is 9.78 Å². The van der Waals surface area contributed by atoms with E-state index in [1.165, 1.54) is 6.33 Å². The van der Waals surface area contributed by atoms with Gasteiger partial charge in [0.15, 0.2) is 5.58 Å². The summed E-state index contributed by atoms with van der Waals surface area (Å²) in [5.74, 6) is 0.0471. The summed E-state index contributed by atoms with van der Waals surface area (Å²) in [5.41, 5.74) is 4.52. The van der Waals surface area contributed by atoms with Gasteiger partial charge in [-0.2, -0.15) is 0 Å². The maximum Gasteiger partial charge on any atom is 0.294 e. The number of carbonyl (C=O) groups is 1. The molecule has 1 aliphatic carbocycles. The topological polar surface area (TPSA) is 126 Å². The van der Waals surface area contributed by atoms with Gasteiger partial charge in [0.05, 0.1) is 17.6 Å². The average molecular weight is 400 g/mol. The summed E-state index contributed by atoms with van der Waals surface area (Å²) in [5, 5.41) is 19.2. The van der Waals surface area contributed by atoms with Crippen LogP contribution >= 0.6 is 0 Å². The molecule has 0 bridgehead atoms. The number of fused-ring (bicyclic) bond motifs is 2. The average Bonchev–Trinajstić information content (AvgIpc) is 3.36. The third kappa shape index (κ3) is 3.12. The number of benzene rings is 1. The molecule has 0 atom stereocenters. The highest BCUT2D eigenvalue weighted by Gasteiger charge is 2.23. The Labute approximate surface area is 170 Å². The highest BCUT2D eigenvalue weighted by molar-refractivity contribution is 6.12. The van der Waals surface area contributed by atoms with Crippen molar-refractivity contribution in [1.29, 1.82) is 0 Å². The number of hydrogen-bond acceptors (Lipinski definition) is 8. The van der Waals surface area contributed by atoms with E-state index in [1.54, 1.807) is 30.7 Å². The van der Waals surface area contributed by atoms with Crippen LogP contribution in [0.5, 0.6) is 0 Å². The van der Waals surface area contributed by atoms with Crippen LogP contribution in [0.15, 0.2) is 64.8 Å². The third-order valence-electron chi connectivity index (χ3n) is 4.96. The molecule has 0 saturated carbocycles. The molecule has 9 nitrogen and oxygen atoms in total. The summed E-state index contributed by atoms with van der Waals surface area (Å²) < 4.78 is 5.80. The van der Waals surface area contributed by atoms with Crippen molar-refractivity contribution >= 4 is 39.8 Å². The van der Waals surface area contributed by atoms with E-state index in [4.69, 9.17) is 9.62 Å². The van der Waals surface area contributed by atoms with Crippen molar-refractivity contribution in [1.82, 2.24) is 15.0 Å². The second-order valence-electron chi connectivity index (χ2n) is 6.77. The molecule has 0 fully saturated rings. The summed E-state index contributed by atoms with van der Waals surface area (Å²) in [6, 6.07) is 9.15. The predicted molar refractivity (Wildman–Crippen MR) is 110 cm³/mol. The molecule has 3 aromatic heterocycles. The number of oxime groups is 1. The maximum atomic E-state index is 12.9.